The van der Waals surface area contributed by atoms with E-state index in [0.29, 0.717) is 13.1 Å². The average molecular weight is 257 g/mol. The molecule has 2 rings (SSSR count). The Kier molecular flexibility index (Phi) is 4.17. The summed E-state index contributed by atoms with van der Waals surface area (Å²) >= 11 is 0. The van der Waals surface area contributed by atoms with Crippen molar-refractivity contribution in [3.05, 3.63) is 59.0 Å². The van der Waals surface area contributed by atoms with Gasteiger partial charge in [0.15, 0.2) is 5.78 Å². The Morgan fingerprint density at radius 1 is 1.21 bits per heavy atom. The van der Waals surface area contributed by atoms with Crippen LogP contribution in [0.15, 0.2) is 41.0 Å². The second kappa shape index (κ2) is 5.85. The van der Waals surface area contributed by atoms with E-state index in [-0.39, 0.29) is 5.78 Å². The largest absolute Gasteiger partial charge is 0.468 e. The number of carbonyl (C=O) groups excluding carboxylic acids is 1. The van der Waals surface area contributed by atoms with E-state index < -0.39 is 0 Å². The third kappa shape index (κ3) is 3.55. The number of aryl methyl sites for hydroxylation is 2. The Labute approximate surface area is 113 Å². The summed E-state index contributed by atoms with van der Waals surface area (Å²) in [5, 5.41) is 0. The van der Waals surface area contributed by atoms with Crippen LogP contribution < -0.4 is 0 Å². The van der Waals surface area contributed by atoms with E-state index in [1.54, 1.807) is 6.26 Å². The molecular weight excluding hydrogens is 238 g/mol. The Hall–Kier alpha value is -1.87. The fourth-order valence-corrected chi connectivity index (χ4v) is 1.98. The lowest BCUT2D eigenvalue weighted by Crippen LogP contribution is -2.25. The number of nitrogens with zero attached hydrogens (tertiary/aromatic N) is 1. The first-order valence-corrected chi connectivity index (χ1v) is 6.37. The van der Waals surface area contributed by atoms with E-state index in [0.717, 1.165) is 16.9 Å². The number of carbonyl (C=O) groups is 1. The number of furan rings is 1. The standard InChI is InChI=1S/C16H19NO2/c1-12-6-7-14(9-13(12)2)16(18)11-17(3)10-15-5-4-8-19-15/h4-9H,10-11H2,1-3H3. The summed E-state index contributed by atoms with van der Waals surface area (Å²) in [6.07, 6.45) is 1.65. The fourth-order valence-electron chi connectivity index (χ4n) is 1.98. The Balaban J connectivity index is 1.98. The number of likely N-dealkylation sites (N-methyl/N-ethyl adjacent to an activating group) is 1. The van der Waals surface area contributed by atoms with Crippen LogP contribution in [0.4, 0.5) is 0 Å². The van der Waals surface area contributed by atoms with Crippen LogP contribution in [0.25, 0.3) is 0 Å². The minimum Gasteiger partial charge on any atom is -0.468 e. The molecule has 1 aromatic carbocycles. The maximum atomic E-state index is 12.2. The molecule has 0 unspecified atom stereocenters. The zero-order valence-electron chi connectivity index (χ0n) is 11.6. The summed E-state index contributed by atoms with van der Waals surface area (Å²) in [6, 6.07) is 9.62. The van der Waals surface area contributed by atoms with E-state index >= 15 is 0 Å². The van der Waals surface area contributed by atoms with Gasteiger partial charge in [-0.3, -0.25) is 9.69 Å². The van der Waals surface area contributed by atoms with Crippen molar-refractivity contribution in [2.24, 2.45) is 0 Å². The monoisotopic (exact) mass is 257 g/mol. The van der Waals surface area contributed by atoms with Crippen molar-refractivity contribution in [3.63, 3.8) is 0 Å². The molecule has 0 saturated heterocycles. The van der Waals surface area contributed by atoms with E-state index in [9.17, 15) is 4.79 Å². The van der Waals surface area contributed by atoms with Crippen molar-refractivity contribution in [3.8, 4) is 0 Å². The molecule has 100 valence electrons. The lowest BCUT2D eigenvalue weighted by Gasteiger charge is -2.14. The molecule has 0 fully saturated rings. The highest BCUT2D eigenvalue weighted by Crippen LogP contribution is 2.11. The Bertz CT molecular complexity index is 558. The third-order valence-electron chi connectivity index (χ3n) is 3.25. The molecule has 1 heterocycles. The summed E-state index contributed by atoms with van der Waals surface area (Å²) in [5.41, 5.74) is 3.13. The highest BCUT2D eigenvalue weighted by atomic mass is 16.3. The van der Waals surface area contributed by atoms with Crippen LogP contribution in [0, 0.1) is 13.8 Å². The number of Topliss-reactive ketones (excluding diaryl/α,β-unsaturated/α-hetero) is 1. The van der Waals surface area contributed by atoms with Gasteiger partial charge in [0.05, 0.1) is 19.4 Å². The van der Waals surface area contributed by atoms with Crippen LogP contribution in [0.2, 0.25) is 0 Å². The maximum absolute atomic E-state index is 12.2. The van der Waals surface area contributed by atoms with Crippen LogP contribution >= 0.6 is 0 Å². The minimum atomic E-state index is 0.136. The van der Waals surface area contributed by atoms with Crippen LogP contribution in [-0.2, 0) is 6.54 Å². The van der Waals surface area contributed by atoms with Gasteiger partial charge in [-0.15, -0.1) is 0 Å². The highest BCUT2D eigenvalue weighted by Gasteiger charge is 2.11. The first-order chi connectivity index (χ1) is 9.06. The number of benzene rings is 1. The van der Waals surface area contributed by atoms with Gasteiger partial charge in [0.1, 0.15) is 5.76 Å². The van der Waals surface area contributed by atoms with Crippen LogP contribution in [0.1, 0.15) is 27.2 Å². The second-order valence-electron chi connectivity index (χ2n) is 4.97. The van der Waals surface area contributed by atoms with Crippen molar-refractivity contribution in [1.29, 1.82) is 0 Å². The predicted octanol–water partition coefficient (Wildman–Crippen LogP) is 3.21. The molecule has 0 N–H and O–H groups in total. The molecule has 0 spiro atoms. The number of ketones is 1. The normalized spacial score (nSPS) is 10.9. The van der Waals surface area contributed by atoms with Gasteiger partial charge in [0, 0.05) is 5.56 Å². The van der Waals surface area contributed by atoms with Gasteiger partial charge >= 0.3 is 0 Å². The lowest BCUT2D eigenvalue weighted by molar-refractivity contribution is 0.0939. The van der Waals surface area contributed by atoms with Gasteiger partial charge in [-0.05, 0) is 50.2 Å². The van der Waals surface area contributed by atoms with Crippen molar-refractivity contribution >= 4 is 5.78 Å². The smallest absolute Gasteiger partial charge is 0.176 e. The molecule has 0 bridgehead atoms. The molecule has 3 nitrogen and oxygen atoms in total. The molecule has 0 atom stereocenters. The summed E-state index contributed by atoms with van der Waals surface area (Å²) in [6.45, 7) is 5.11. The highest BCUT2D eigenvalue weighted by molar-refractivity contribution is 5.97. The molecule has 19 heavy (non-hydrogen) atoms. The molecule has 2 aromatic rings. The molecule has 0 amide bonds. The third-order valence-corrected chi connectivity index (χ3v) is 3.25. The average Bonchev–Trinajstić information content (AvgIpc) is 2.85. The Morgan fingerprint density at radius 2 is 2.00 bits per heavy atom. The molecule has 3 heteroatoms. The van der Waals surface area contributed by atoms with Crippen LogP contribution in [0.5, 0.6) is 0 Å². The zero-order valence-corrected chi connectivity index (χ0v) is 11.6. The molecule has 0 aliphatic carbocycles. The quantitative estimate of drug-likeness (QED) is 0.771. The molecule has 1 aromatic heterocycles. The fraction of sp³-hybridized carbons (Fsp3) is 0.312. The zero-order chi connectivity index (χ0) is 13.8. The summed E-state index contributed by atoms with van der Waals surface area (Å²) < 4.78 is 5.27. The van der Waals surface area contributed by atoms with Gasteiger partial charge in [-0.25, -0.2) is 0 Å². The van der Waals surface area contributed by atoms with Crippen molar-refractivity contribution < 1.29 is 9.21 Å². The van der Waals surface area contributed by atoms with Crippen LogP contribution in [0.3, 0.4) is 0 Å². The maximum Gasteiger partial charge on any atom is 0.176 e. The van der Waals surface area contributed by atoms with Gasteiger partial charge < -0.3 is 4.42 Å². The molecule has 0 saturated carbocycles. The van der Waals surface area contributed by atoms with Crippen molar-refractivity contribution in [1.82, 2.24) is 4.90 Å². The molecular formula is C16H19NO2. The number of hydrogen-bond acceptors (Lipinski definition) is 3. The summed E-state index contributed by atoms with van der Waals surface area (Å²) in [5.74, 6) is 1.01. The Morgan fingerprint density at radius 3 is 2.63 bits per heavy atom. The van der Waals surface area contributed by atoms with Gasteiger partial charge in [-0.2, -0.15) is 0 Å². The first-order valence-electron chi connectivity index (χ1n) is 6.37. The second-order valence-corrected chi connectivity index (χ2v) is 4.97. The number of rotatable bonds is 5. The van der Waals surface area contributed by atoms with Crippen LogP contribution in [-0.4, -0.2) is 24.3 Å². The molecule has 0 aliphatic heterocycles. The first kappa shape index (κ1) is 13.6. The van der Waals surface area contributed by atoms with E-state index in [2.05, 4.69) is 0 Å². The van der Waals surface area contributed by atoms with Crippen molar-refractivity contribution in [2.75, 3.05) is 13.6 Å². The van der Waals surface area contributed by atoms with E-state index in [1.807, 2.05) is 56.1 Å². The van der Waals surface area contributed by atoms with E-state index in [4.69, 9.17) is 4.42 Å². The van der Waals surface area contributed by atoms with Gasteiger partial charge in [0.25, 0.3) is 0 Å². The summed E-state index contributed by atoms with van der Waals surface area (Å²) in [4.78, 5) is 14.1. The predicted molar refractivity (Wildman–Crippen MR) is 75.3 cm³/mol. The molecule has 0 aliphatic rings. The van der Waals surface area contributed by atoms with Crippen molar-refractivity contribution in [2.45, 2.75) is 20.4 Å². The SMILES string of the molecule is Cc1ccc(C(=O)CN(C)Cc2ccco2)cc1C. The topological polar surface area (TPSA) is 33.5 Å². The lowest BCUT2D eigenvalue weighted by atomic mass is 10.0. The minimum absolute atomic E-state index is 0.136. The van der Waals surface area contributed by atoms with E-state index in [1.165, 1.54) is 5.56 Å². The number of hydrogen-bond donors (Lipinski definition) is 0. The van der Waals surface area contributed by atoms with Gasteiger partial charge in [0.2, 0.25) is 0 Å². The summed E-state index contributed by atoms with van der Waals surface area (Å²) in [7, 11) is 1.92. The van der Waals surface area contributed by atoms with Gasteiger partial charge in [-0.1, -0.05) is 12.1 Å². The molecule has 0 radical (unpaired) electrons.